The van der Waals surface area contributed by atoms with Crippen LogP contribution in [0.15, 0.2) is 40.9 Å². The molecule has 0 fully saturated rings. The van der Waals surface area contributed by atoms with Crippen molar-refractivity contribution in [1.82, 2.24) is 0 Å². The molecule has 0 aliphatic heterocycles. The lowest BCUT2D eigenvalue weighted by Gasteiger charge is -2.09. The smallest absolute Gasteiger partial charge is 0.166 e. The zero-order valence-corrected chi connectivity index (χ0v) is 11.9. The van der Waals surface area contributed by atoms with Gasteiger partial charge in [0, 0.05) is 10.6 Å². The molecule has 0 bridgehead atoms. The van der Waals surface area contributed by atoms with E-state index in [0.717, 1.165) is 6.07 Å². The third kappa shape index (κ3) is 3.24. The van der Waals surface area contributed by atoms with Crippen molar-refractivity contribution in [2.45, 2.75) is 0 Å². The van der Waals surface area contributed by atoms with E-state index in [9.17, 15) is 4.39 Å². The SMILES string of the molecule is N=C(N)c1ccc(Oc2ccc(Cl)cc2Br)c(F)c1. The lowest BCUT2D eigenvalue weighted by atomic mass is 10.2. The molecule has 3 N–H and O–H groups in total. The van der Waals surface area contributed by atoms with Gasteiger partial charge in [0.1, 0.15) is 11.6 Å². The summed E-state index contributed by atoms with van der Waals surface area (Å²) in [6.45, 7) is 0. The average molecular weight is 344 g/mol. The molecule has 0 aliphatic rings. The second kappa shape index (κ2) is 5.59. The van der Waals surface area contributed by atoms with E-state index in [1.165, 1.54) is 12.1 Å². The van der Waals surface area contributed by atoms with Gasteiger partial charge < -0.3 is 10.5 Å². The Hall–Kier alpha value is -1.59. The van der Waals surface area contributed by atoms with Gasteiger partial charge in [-0.3, -0.25) is 5.41 Å². The topological polar surface area (TPSA) is 59.1 Å². The van der Waals surface area contributed by atoms with Crippen LogP contribution in [0.4, 0.5) is 4.39 Å². The Morgan fingerprint density at radius 2 is 1.89 bits per heavy atom. The Morgan fingerprint density at radius 3 is 2.47 bits per heavy atom. The summed E-state index contributed by atoms with van der Waals surface area (Å²) >= 11 is 9.09. The summed E-state index contributed by atoms with van der Waals surface area (Å²) in [5, 5.41) is 7.78. The van der Waals surface area contributed by atoms with E-state index in [1.807, 2.05) is 0 Å². The van der Waals surface area contributed by atoms with Crippen molar-refractivity contribution in [2.24, 2.45) is 5.73 Å². The molecule has 0 aromatic heterocycles. The van der Waals surface area contributed by atoms with E-state index >= 15 is 0 Å². The highest BCUT2D eigenvalue weighted by atomic mass is 79.9. The van der Waals surface area contributed by atoms with Gasteiger partial charge in [0.2, 0.25) is 0 Å². The van der Waals surface area contributed by atoms with Crippen LogP contribution in [0.25, 0.3) is 0 Å². The molecular formula is C13H9BrClFN2O. The molecular weight excluding hydrogens is 335 g/mol. The van der Waals surface area contributed by atoms with E-state index in [1.54, 1.807) is 18.2 Å². The van der Waals surface area contributed by atoms with Crippen molar-refractivity contribution in [3.8, 4) is 11.5 Å². The van der Waals surface area contributed by atoms with Crippen LogP contribution in [-0.2, 0) is 0 Å². The number of amidine groups is 1. The summed E-state index contributed by atoms with van der Waals surface area (Å²) in [6, 6.07) is 9.02. The molecule has 0 saturated carbocycles. The number of nitrogens with one attached hydrogen (secondary N) is 1. The summed E-state index contributed by atoms with van der Waals surface area (Å²) in [4.78, 5) is 0. The molecule has 2 aromatic rings. The highest BCUT2D eigenvalue weighted by Crippen LogP contribution is 2.33. The lowest BCUT2D eigenvalue weighted by Crippen LogP contribution is -2.11. The molecule has 0 heterocycles. The van der Waals surface area contributed by atoms with Crippen LogP contribution in [0.3, 0.4) is 0 Å². The number of rotatable bonds is 3. The van der Waals surface area contributed by atoms with Crippen molar-refractivity contribution in [1.29, 1.82) is 5.41 Å². The molecule has 0 amide bonds. The van der Waals surface area contributed by atoms with Gasteiger partial charge in [0.15, 0.2) is 11.6 Å². The van der Waals surface area contributed by atoms with E-state index in [-0.39, 0.29) is 11.6 Å². The summed E-state index contributed by atoms with van der Waals surface area (Å²) in [5.41, 5.74) is 5.59. The Morgan fingerprint density at radius 1 is 1.21 bits per heavy atom. The molecule has 2 aromatic carbocycles. The fourth-order valence-corrected chi connectivity index (χ4v) is 2.19. The predicted molar refractivity (Wildman–Crippen MR) is 76.6 cm³/mol. The molecule has 0 saturated heterocycles. The number of ether oxygens (including phenoxy) is 1. The third-order valence-corrected chi connectivity index (χ3v) is 3.21. The third-order valence-electron chi connectivity index (χ3n) is 2.36. The molecule has 0 radical (unpaired) electrons. The van der Waals surface area contributed by atoms with E-state index in [2.05, 4.69) is 15.9 Å². The summed E-state index contributed by atoms with van der Waals surface area (Å²) < 4.78 is 19.8. The Bertz CT molecular complexity index is 649. The first-order chi connectivity index (χ1) is 8.97. The number of hydrogen-bond donors (Lipinski definition) is 2. The Labute approximate surface area is 122 Å². The maximum absolute atomic E-state index is 13.8. The van der Waals surface area contributed by atoms with Crippen LogP contribution in [0, 0.1) is 11.2 Å². The highest BCUT2D eigenvalue weighted by molar-refractivity contribution is 9.10. The summed E-state index contributed by atoms with van der Waals surface area (Å²) in [7, 11) is 0. The highest BCUT2D eigenvalue weighted by Gasteiger charge is 2.09. The summed E-state index contributed by atoms with van der Waals surface area (Å²) in [5.74, 6) is -0.292. The molecule has 19 heavy (non-hydrogen) atoms. The first kappa shape index (κ1) is 13.8. The van der Waals surface area contributed by atoms with Gasteiger partial charge in [-0.25, -0.2) is 4.39 Å². The second-order valence-electron chi connectivity index (χ2n) is 3.74. The maximum atomic E-state index is 13.8. The average Bonchev–Trinajstić information content (AvgIpc) is 2.34. The van der Waals surface area contributed by atoms with Gasteiger partial charge in [-0.2, -0.15) is 0 Å². The molecule has 6 heteroatoms. The van der Waals surface area contributed by atoms with Gasteiger partial charge in [-0.15, -0.1) is 0 Å². The molecule has 0 unspecified atom stereocenters. The lowest BCUT2D eigenvalue weighted by molar-refractivity contribution is 0.440. The standard InChI is InChI=1S/C13H9BrClFN2O/c14-9-6-8(15)2-4-11(9)19-12-3-1-7(13(17)18)5-10(12)16/h1-6H,(H3,17,18). The van der Waals surface area contributed by atoms with Crippen molar-refractivity contribution < 1.29 is 9.13 Å². The Balaban J connectivity index is 2.31. The van der Waals surface area contributed by atoms with Crippen LogP contribution < -0.4 is 10.5 Å². The molecule has 0 aliphatic carbocycles. The Kier molecular flexibility index (Phi) is 4.07. The van der Waals surface area contributed by atoms with Crippen LogP contribution >= 0.6 is 27.5 Å². The van der Waals surface area contributed by atoms with E-state index in [4.69, 9.17) is 27.5 Å². The quantitative estimate of drug-likeness (QED) is 0.644. The minimum Gasteiger partial charge on any atom is -0.453 e. The van der Waals surface area contributed by atoms with E-state index in [0.29, 0.717) is 20.8 Å². The van der Waals surface area contributed by atoms with Crippen LogP contribution in [0.1, 0.15) is 5.56 Å². The normalized spacial score (nSPS) is 10.3. The van der Waals surface area contributed by atoms with Crippen molar-refractivity contribution >= 4 is 33.4 Å². The fourth-order valence-electron chi connectivity index (χ4n) is 1.43. The largest absolute Gasteiger partial charge is 0.453 e. The van der Waals surface area contributed by atoms with Crippen LogP contribution in [-0.4, -0.2) is 5.84 Å². The number of benzene rings is 2. The molecule has 0 spiro atoms. The van der Waals surface area contributed by atoms with Gasteiger partial charge in [0.05, 0.1) is 4.47 Å². The van der Waals surface area contributed by atoms with Crippen molar-refractivity contribution in [2.75, 3.05) is 0 Å². The first-order valence-electron chi connectivity index (χ1n) is 5.24. The van der Waals surface area contributed by atoms with Gasteiger partial charge in [0.25, 0.3) is 0 Å². The van der Waals surface area contributed by atoms with Crippen LogP contribution in [0.2, 0.25) is 5.02 Å². The number of halogens is 3. The number of nitrogens with two attached hydrogens (primary N) is 1. The molecule has 98 valence electrons. The number of nitrogen functional groups attached to an aromatic ring is 1. The molecule has 2 rings (SSSR count). The monoisotopic (exact) mass is 342 g/mol. The minimum absolute atomic E-state index is 0.0491. The number of hydrogen-bond acceptors (Lipinski definition) is 2. The predicted octanol–water partition coefficient (Wildman–Crippen LogP) is 4.32. The molecule has 0 atom stereocenters. The van der Waals surface area contributed by atoms with Crippen molar-refractivity contribution in [3.05, 3.63) is 57.3 Å². The summed E-state index contributed by atoms with van der Waals surface area (Å²) in [6.07, 6.45) is 0. The maximum Gasteiger partial charge on any atom is 0.166 e. The minimum atomic E-state index is -0.588. The second-order valence-corrected chi connectivity index (χ2v) is 5.03. The molecule has 3 nitrogen and oxygen atoms in total. The van der Waals surface area contributed by atoms with Gasteiger partial charge >= 0.3 is 0 Å². The fraction of sp³-hybridized carbons (Fsp3) is 0. The van der Waals surface area contributed by atoms with Gasteiger partial charge in [-0.05, 0) is 52.3 Å². The zero-order chi connectivity index (χ0) is 14.0. The first-order valence-corrected chi connectivity index (χ1v) is 6.41. The van der Waals surface area contributed by atoms with Crippen LogP contribution in [0.5, 0.6) is 11.5 Å². The van der Waals surface area contributed by atoms with Gasteiger partial charge in [-0.1, -0.05) is 11.6 Å². The zero-order valence-electron chi connectivity index (χ0n) is 9.58. The van der Waals surface area contributed by atoms with E-state index < -0.39 is 5.82 Å². The van der Waals surface area contributed by atoms with Crippen molar-refractivity contribution in [3.63, 3.8) is 0 Å².